The number of morpholine rings is 1. The van der Waals surface area contributed by atoms with E-state index in [2.05, 4.69) is 0 Å². The van der Waals surface area contributed by atoms with Crippen LogP contribution in [-0.2, 0) is 9.53 Å². The predicted octanol–water partition coefficient (Wildman–Crippen LogP) is 1.12. The van der Waals surface area contributed by atoms with Gasteiger partial charge in [-0.15, -0.1) is 0 Å². The summed E-state index contributed by atoms with van der Waals surface area (Å²) in [6, 6.07) is 0.160. The van der Waals surface area contributed by atoms with E-state index in [9.17, 15) is 10.0 Å². The Morgan fingerprint density at radius 1 is 1.39 bits per heavy atom. The summed E-state index contributed by atoms with van der Waals surface area (Å²) >= 11 is 0. The highest BCUT2D eigenvalue weighted by molar-refractivity contribution is 5.78. The lowest BCUT2D eigenvalue weighted by Crippen LogP contribution is -2.51. The molecule has 1 unspecified atom stereocenters. The van der Waals surface area contributed by atoms with Gasteiger partial charge in [-0.25, -0.2) is 0 Å². The van der Waals surface area contributed by atoms with E-state index in [1.165, 1.54) is 6.42 Å². The van der Waals surface area contributed by atoms with Crippen LogP contribution in [0.5, 0.6) is 0 Å². The molecule has 104 valence electrons. The van der Waals surface area contributed by atoms with E-state index in [4.69, 9.17) is 4.74 Å². The summed E-state index contributed by atoms with van der Waals surface area (Å²) in [7, 11) is 0. The van der Waals surface area contributed by atoms with Gasteiger partial charge in [0.25, 0.3) is 0 Å². The normalized spacial score (nSPS) is 26.1. The summed E-state index contributed by atoms with van der Waals surface area (Å²) in [5, 5.41) is 12.4. The van der Waals surface area contributed by atoms with Crippen molar-refractivity contribution in [2.24, 2.45) is 0 Å². The molecule has 0 saturated carbocycles. The lowest BCUT2D eigenvalue weighted by Gasteiger charge is -2.46. The van der Waals surface area contributed by atoms with Crippen LogP contribution in [0.15, 0.2) is 0 Å². The molecule has 0 aromatic heterocycles. The largest absolute Gasteiger partial charge is 0.633 e. The van der Waals surface area contributed by atoms with Crippen LogP contribution in [0.25, 0.3) is 0 Å². The van der Waals surface area contributed by atoms with Crippen LogP contribution >= 0.6 is 0 Å². The van der Waals surface area contributed by atoms with Gasteiger partial charge in [-0.1, -0.05) is 0 Å². The van der Waals surface area contributed by atoms with Gasteiger partial charge < -0.3 is 19.5 Å². The highest BCUT2D eigenvalue weighted by atomic mass is 16.5. The Balaban J connectivity index is 1.79. The lowest BCUT2D eigenvalue weighted by molar-refractivity contribution is -0.885. The Morgan fingerprint density at radius 2 is 2.11 bits per heavy atom. The van der Waals surface area contributed by atoms with Gasteiger partial charge in [0.15, 0.2) is 0 Å². The first-order valence-corrected chi connectivity index (χ1v) is 7.05. The standard InChI is InChI=1S/C13H24N2O3/c1-12(14-6-10-18-11-13(14)16)5-9-15(17)7-3-2-4-8-15/h12H,2-11H2,1H3. The van der Waals surface area contributed by atoms with Gasteiger partial charge in [0.1, 0.15) is 6.61 Å². The van der Waals surface area contributed by atoms with Gasteiger partial charge in [0, 0.05) is 19.0 Å². The number of carbonyl (C=O) groups is 1. The van der Waals surface area contributed by atoms with E-state index in [-0.39, 0.29) is 23.2 Å². The zero-order valence-corrected chi connectivity index (χ0v) is 11.3. The number of likely N-dealkylation sites (tertiary alicyclic amines) is 1. The third-order valence-corrected chi connectivity index (χ3v) is 4.14. The molecule has 18 heavy (non-hydrogen) atoms. The van der Waals surface area contributed by atoms with Gasteiger partial charge >= 0.3 is 0 Å². The summed E-state index contributed by atoms with van der Waals surface area (Å²) in [6.07, 6.45) is 4.09. The molecule has 0 spiro atoms. The topological polar surface area (TPSA) is 52.6 Å². The van der Waals surface area contributed by atoms with Crippen LogP contribution in [0.2, 0.25) is 0 Å². The fourth-order valence-electron chi connectivity index (χ4n) is 2.89. The molecule has 0 aromatic rings. The first-order chi connectivity index (χ1) is 8.61. The number of carbonyl (C=O) groups excluding carboxylic acids is 1. The molecule has 0 radical (unpaired) electrons. The highest BCUT2D eigenvalue weighted by Crippen LogP contribution is 2.19. The second-order valence-corrected chi connectivity index (χ2v) is 5.57. The Morgan fingerprint density at radius 3 is 2.78 bits per heavy atom. The minimum absolute atomic E-state index is 0.0527. The second-order valence-electron chi connectivity index (χ2n) is 5.57. The van der Waals surface area contributed by atoms with E-state index in [0.29, 0.717) is 19.7 Å². The van der Waals surface area contributed by atoms with Crippen LogP contribution in [-0.4, -0.2) is 60.9 Å². The zero-order chi connectivity index (χ0) is 13.0. The van der Waals surface area contributed by atoms with E-state index < -0.39 is 0 Å². The van der Waals surface area contributed by atoms with Crippen molar-refractivity contribution in [2.45, 2.75) is 38.6 Å². The zero-order valence-electron chi connectivity index (χ0n) is 11.3. The molecule has 0 aromatic carbocycles. The molecule has 0 bridgehead atoms. The van der Waals surface area contributed by atoms with E-state index in [1.807, 2.05) is 11.8 Å². The third kappa shape index (κ3) is 3.43. The monoisotopic (exact) mass is 256 g/mol. The van der Waals surface area contributed by atoms with Crippen molar-refractivity contribution in [3.05, 3.63) is 5.21 Å². The van der Waals surface area contributed by atoms with Crippen molar-refractivity contribution in [1.29, 1.82) is 0 Å². The van der Waals surface area contributed by atoms with Crippen LogP contribution in [0.3, 0.4) is 0 Å². The minimum atomic E-state index is -0.0527. The smallest absolute Gasteiger partial charge is 0.248 e. The quantitative estimate of drug-likeness (QED) is 0.559. The Bertz CT molecular complexity index is 290. The van der Waals surface area contributed by atoms with Crippen LogP contribution in [0.4, 0.5) is 0 Å². The summed E-state index contributed by atoms with van der Waals surface area (Å²) in [5.74, 6) is 0.0600. The molecular formula is C13H24N2O3. The maximum Gasteiger partial charge on any atom is 0.248 e. The summed E-state index contributed by atoms with van der Waals surface area (Å²) < 4.78 is 5.07. The summed E-state index contributed by atoms with van der Waals surface area (Å²) in [5.41, 5.74) is 0. The second kappa shape index (κ2) is 5.99. The summed E-state index contributed by atoms with van der Waals surface area (Å²) in [6.45, 7) is 5.67. The van der Waals surface area contributed by atoms with Crippen LogP contribution in [0.1, 0.15) is 32.6 Å². The molecule has 2 fully saturated rings. The van der Waals surface area contributed by atoms with Gasteiger partial charge in [0.2, 0.25) is 5.91 Å². The van der Waals surface area contributed by atoms with Crippen molar-refractivity contribution in [3.63, 3.8) is 0 Å². The Hall–Kier alpha value is -0.650. The van der Waals surface area contributed by atoms with E-state index >= 15 is 0 Å². The first kappa shape index (κ1) is 13.8. The van der Waals surface area contributed by atoms with Gasteiger partial charge in [-0.3, -0.25) is 4.79 Å². The van der Waals surface area contributed by atoms with Crippen molar-refractivity contribution >= 4 is 5.91 Å². The average Bonchev–Trinajstić information content (AvgIpc) is 2.38. The van der Waals surface area contributed by atoms with Crippen molar-refractivity contribution in [1.82, 2.24) is 4.90 Å². The van der Waals surface area contributed by atoms with Crippen molar-refractivity contribution in [2.75, 3.05) is 39.4 Å². The fourth-order valence-corrected chi connectivity index (χ4v) is 2.89. The molecule has 0 N–H and O–H groups in total. The number of amides is 1. The van der Waals surface area contributed by atoms with Gasteiger partial charge in [-0.2, -0.15) is 0 Å². The Labute approximate surface area is 109 Å². The number of ether oxygens (including phenoxy) is 1. The maximum absolute atomic E-state index is 12.4. The number of hydrogen-bond donors (Lipinski definition) is 0. The number of piperidine rings is 1. The van der Waals surface area contributed by atoms with Gasteiger partial charge in [-0.05, 0) is 26.2 Å². The molecule has 5 nitrogen and oxygen atoms in total. The fraction of sp³-hybridized carbons (Fsp3) is 0.923. The highest BCUT2D eigenvalue weighted by Gasteiger charge is 2.26. The molecular weight excluding hydrogens is 232 g/mol. The molecule has 2 aliphatic rings. The number of quaternary nitrogens is 1. The molecule has 2 heterocycles. The SMILES string of the molecule is CC(CC[N+]1([O-])CCCCC1)N1CCOCC1=O. The number of nitrogens with zero attached hydrogens (tertiary/aromatic N) is 2. The molecule has 2 saturated heterocycles. The maximum atomic E-state index is 12.4. The average molecular weight is 256 g/mol. The third-order valence-electron chi connectivity index (χ3n) is 4.14. The first-order valence-electron chi connectivity index (χ1n) is 7.05. The molecule has 1 atom stereocenters. The van der Waals surface area contributed by atoms with Crippen LogP contribution < -0.4 is 0 Å². The minimum Gasteiger partial charge on any atom is -0.633 e. The van der Waals surface area contributed by atoms with Crippen LogP contribution in [0, 0.1) is 5.21 Å². The van der Waals surface area contributed by atoms with Gasteiger partial charge in [0.05, 0.1) is 26.2 Å². The molecule has 2 aliphatic heterocycles. The molecule has 0 aliphatic carbocycles. The molecule has 1 amide bonds. The van der Waals surface area contributed by atoms with E-state index in [0.717, 1.165) is 32.4 Å². The van der Waals surface area contributed by atoms with Crippen molar-refractivity contribution < 1.29 is 14.2 Å². The van der Waals surface area contributed by atoms with Crippen molar-refractivity contribution in [3.8, 4) is 0 Å². The lowest BCUT2D eigenvalue weighted by atomic mass is 10.1. The summed E-state index contributed by atoms with van der Waals surface area (Å²) in [4.78, 5) is 13.5. The predicted molar refractivity (Wildman–Crippen MR) is 68.7 cm³/mol. The molecule has 2 rings (SSSR count). The van der Waals surface area contributed by atoms with E-state index in [1.54, 1.807) is 0 Å². The number of hydrogen-bond acceptors (Lipinski definition) is 3. The molecule has 5 heteroatoms. The number of hydroxylamine groups is 3. The Kier molecular flexibility index (Phi) is 4.59. The number of rotatable bonds is 4.